The van der Waals surface area contributed by atoms with E-state index < -0.39 is 24.8 Å². The summed E-state index contributed by atoms with van der Waals surface area (Å²) in [5, 5.41) is 0. The Hall–Kier alpha value is -0.300. The summed E-state index contributed by atoms with van der Waals surface area (Å²) in [4.78, 5) is 1.95. The fraction of sp³-hybridized carbons (Fsp3) is 0.600. The molecular weight excluding hydrogens is 273 g/mol. The van der Waals surface area contributed by atoms with E-state index >= 15 is 0 Å². The van der Waals surface area contributed by atoms with E-state index in [9.17, 15) is 13.2 Å². The van der Waals surface area contributed by atoms with Crippen LogP contribution in [0, 0.1) is 0 Å². The van der Waals surface area contributed by atoms with Crippen molar-refractivity contribution < 1.29 is 13.2 Å². The zero-order valence-electron chi connectivity index (χ0n) is 9.46. The van der Waals surface area contributed by atoms with Crippen molar-refractivity contribution in [2.24, 2.45) is 5.73 Å². The Morgan fingerprint density at radius 3 is 2.41 bits per heavy atom. The van der Waals surface area contributed by atoms with Crippen LogP contribution in [0.1, 0.15) is 17.8 Å². The molecule has 2 unspecified atom stereocenters. The molecule has 0 aliphatic carbocycles. The topological polar surface area (TPSA) is 29.3 Å². The first-order valence-electron chi connectivity index (χ1n) is 4.98. The summed E-state index contributed by atoms with van der Waals surface area (Å²) < 4.78 is 37.6. The van der Waals surface area contributed by atoms with Crippen molar-refractivity contribution in [1.82, 2.24) is 4.90 Å². The highest BCUT2D eigenvalue weighted by molar-refractivity contribution is 7.16. The quantitative estimate of drug-likeness (QED) is 0.920. The second kappa shape index (κ2) is 5.56. The summed E-state index contributed by atoms with van der Waals surface area (Å²) in [6.45, 7) is 0.694. The largest absolute Gasteiger partial charge is 0.401 e. The summed E-state index contributed by atoms with van der Waals surface area (Å²) in [5.41, 5.74) is 5.75. The van der Waals surface area contributed by atoms with Gasteiger partial charge in [0, 0.05) is 10.9 Å². The van der Waals surface area contributed by atoms with Gasteiger partial charge in [-0.2, -0.15) is 13.2 Å². The van der Waals surface area contributed by atoms with Gasteiger partial charge in [0.25, 0.3) is 0 Å². The van der Waals surface area contributed by atoms with E-state index in [1.54, 1.807) is 19.1 Å². The van der Waals surface area contributed by atoms with E-state index in [1.807, 2.05) is 0 Å². The molecule has 1 aromatic rings. The Bertz CT molecular complexity index is 365. The number of nitrogens with zero attached hydrogens (tertiary/aromatic N) is 1. The molecule has 2 N–H and O–H groups in total. The van der Waals surface area contributed by atoms with Gasteiger partial charge in [-0.3, -0.25) is 4.90 Å². The molecule has 7 heteroatoms. The number of hydrogen-bond acceptors (Lipinski definition) is 3. The minimum absolute atomic E-state index is 0.405. The molecule has 0 amide bonds. The lowest BCUT2D eigenvalue weighted by atomic mass is 10.1. The van der Waals surface area contributed by atoms with Crippen molar-refractivity contribution >= 4 is 22.9 Å². The molecule has 98 valence electrons. The van der Waals surface area contributed by atoms with Crippen LogP contribution in [-0.4, -0.2) is 30.7 Å². The van der Waals surface area contributed by atoms with Crippen LogP contribution in [0.5, 0.6) is 0 Å². The van der Waals surface area contributed by atoms with Crippen molar-refractivity contribution in [3.8, 4) is 0 Å². The first-order chi connectivity index (χ1) is 7.70. The van der Waals surface area contributed by atoms with Crippen LogP contribution in [0.15, 0.2) is 12.1 Å². The van der Waals surface area contributed by atoms with Gasteiger partial charge in [0.2, 0.25) is 0 Å². The molecule has 0 aromatic carbocycles. The van der Waals surface area contributed by atoms with E-state index in [0.717, 1.165) is 4.88 Å². The SMILES string of the molecule is CC(N)C(c1ccc(Cl)s1)N(C)CC(F)(F)F. The second-order valence-corrected chi connectivity index (χ2v) is 5.72. The van der Waals surface area contributed by atoms with Gasteiger partial charge >= 0.3 is 6.18 Å². The lowest BCUT2D eigenvalue weighted by Crippen LogP contribution is -2.41. The predicted molar refractivity (Wildman–Crippen MR) is 64.4 cm³/mol. The number of thiophene rings is 1. The van der Waals surface area contributed by atoms with Crippen LogP contribution >= 0.6 is 22.9 Å². The van der Waals surface area contributed by atoms with E-state index in [2.05, 4.69) is 0 Å². The van der Waals surface area contributed by atoms with Gasteiger partial charge < -0.3 is 5.73 Å². The fourth-order valence-corrected chi connectivity index (χ4v) is 3.09. The van der Waals surface area contributed by atoms with Crippen LogP contribution in [0.4, 0.5) is 13.2 Å². The lowest BCUT2D eigenvalue weighted by Gasteiger charge is -2.30. The second-order valence-electron chi connectivity index (χ2n) is 3.98. The number of halogens is 4. The third-order valence-corrected chi connectivity index (χ3v) is 3.59. The van der Waals surface area contributed by atoms with Crippen LogP contribution < -0.4 is 5.73 Å². The standard InChI is InChI=1S/C10H14ClF3N2S/c1-6(15)9(7-3-4-8(11)17-7)16(2)5-10(12,13)14/h3-4,6,9H,5,15H2,1-2H3. The average molecular weight is 287 g/mol. The molecule has 17 heavy (non-hydrogen) atoms. The molecule has 0 bridgehead atoms. The highest BCUT2D eigenvalue weighted by Crippen LogP contribution is 2.32. The van der Waals surface area contributed by atoms with Crippen molar-refractivity contribution in [2.75, 3.05) is 13.6 Å². The van der Waals surface area contributed by atoms with Crippen LogP contribution in [0.3, 0.4) is 0 Å². The predicted octanol–water partition coefficient (Wildman–Crippen LogP) is 3.28. The Kier molecular flexibility index (Phi) is 4.83. The molecule has 1 heterocycles. The lowest BCUT2D eigenvalue weighted by molar-refractivity contribution is -0.148. The van der Waals surface area contributed by atoms with Crippen LogP contribution in [0.2, 0.25) is 4.34 Å². The summed E-state index contributed by atoms with van der Waals surface area (Å²) in [5.74, 6) is 0. The Morgan fingerprint density at radius 1 is 1.47 bits per heavy atom. The molecule has 0 aliphatic heterocycles. The Morgan fingerprint density at radius 2 is 2.06 bits per heavy atom. The number of hydrogen-bond donors (Lipinski definition) is 1. The highest BCUT2D eigenvalue weighted by Gasteiger charge is 2.34. The molecule has 2 nitrogen and oxygen atoms in total. The van der Waals surface area contributed by atoms with E-state index in [1.165, 1.54) is 23.3 Å². The summed E-state index contributed by atoms with van der Waals surface area (Å²) in [7, 11) is 1.41. The molecule has 1 aromatic heterocycles. The van der Waals surface area contributed by atoms with Crippen molar-refractivity contribution in [1.29, 1.82) is 0 Å². The van der Waals surface area contributed by atoms with Gasteiger partial charge in [0.1, 0.15) is 0 Å². The van der Waals surface area contributed by atoms with Gasteiger partial charge in [-0.25, -0.2) is 0 Å². The third-order valence-electron chi connectivity index (χ3n) is 2.29. The summed E-state index contributed by atoms with van der Waals surface area (Å²) >= 11 is 7.04. The molecule has 0 saturated carbocycles. The highest BCUT2D eigenvalue weighted by atomic mass is 35.5. The van der Waals surface area contributed by atoms with Crippen molar-refractivity contribution in [2.45, 2.75) is 25.2 Å². The average Bonchev–Trinajstić information content (AvgIpc) is 2.47. The maximum atomic E-state index is 12.3. The number of nitrogens with two attached hydrogens (primary N) is 1. The van der Waals surface area contributed by atoms with Gasteiger partial charge in [0.05, 0.1) is 16.9 Å². The molecular formula is C10H14ClF3N2S. The minimum atomic E-state index is -4.23. The normalized spacial score (nSPS) is 16.2. The van der Waals surface area contributed by atoms with Gasteiger partial charge in [-0.1, -0.05) is 11.6 Å². The number of alkyl halides is 3. The van der Waals surface area contributed by atoms with E-state index in [4.69, 9.17) is 17.3 Å². The molecule has 0 saturated heterocycles. The van der Waals surface area contributed by atoms with Gasteiger partial charge in [-0.15, -0.1) is 11.3 Å². The molecule has 2 atom stereocenters. The first kappa shape index (κ1) is 14.8. The summed E-state index contributed by atoms with van der Waals surface area (Å²) in [6.07, 6.45) is -4.23. The van der Waals surface area contributed by atoms with Gasteiger partial charge in [0.15, 0.2) is 0 Å². The fourth-order valence-electron chi connectivity index (χ4n) is 1.75. The maximum absolute atomic E-state index is 12.3. The molecule has 0 aliphatic rings. The van der Waals surface area contributed by atoms with Crippen molar-refractivity contribution in [3.63, 3.8) is 0 Å². The smallest absolute Gasteiger partial charge is 0.326 e. The Balaban J connectivity index is 2.86. The molecule has 0 spiro atoms. The summed E-state index contributed by atoms with van der Waals surface area (Å²) in [6, 6.07) is 2.50. The molecule has 0 fully saturated rings. The monoisotopic (exact) mass is 286 g/mol. The minimum Gasteiger partial charge on any atom is -0.326 e. The molecule has 1 rings (SSSR count). The number of rotatable bonds is 4. The third kappa shape index (κ3) is 4.46. The first-order valence-corrected chi connectivity index (χ1v) is 6.18. The van der Waals surface area contributed by atoms with Crippen LogP contribution in [0.25, 0.3) is 0 Å². The van der Waals surface area contributed by atoms with Crippen molar-refractivity contribution in [3.05, 3.63) is 21.3 Å². The Labute approximate surface area is 107 Å². The van der Waals surface area contributed by atoms with Gasteiger partial charge in [-0.05, 0) is 26.1 Å². The van der Waals surface area contributed by atoms with E-state index in [-0.39, 0.29) is 0 Å². The number of likely N-dealkylation sites (N-methyl/N-ethyl adjacent to an activating group) is 1. The van der Waals surface area contributed by atoms with E-state index in [0.29, 0.717) is 4.34 Å². The zero-order valence-corrected chi connectivity index (χ0v) is 11.0. The molecule has 0 radical (unpaired) electrons. The van der Waals surface area contributed by atoms with Crippen LogP contribution in [-0.2, 0) is 0 Å². The zero-order chi connectivity index (χ0) is 13.2. The maximum Gasteiger partial charge on any atom is 0.401 e.